The number of carbonyl (C=O) groups is 2. The quantitative estimate of drug-likeness (QED) is 0.553. The maximum atomic E-state index is 12.3. The van der Waals surface area contributed by atoms with Crippen LogP contribution in [-0.2, 0) is 16.1 Å². The van der Waals surface area contributed by atoms with Crippen LogP contribution in [-0.4, -0.2) is 34.7 Å². The fourth-order valence-electron chi connectivity index (χ4n) is 2.53. The molecule has 1 amide bonds. The van der Waals surface area contributed by atoms with Crippen molar-refractivity contribution < 1.29 is 29.0 Å². The predicted octanol–water partition coefficient (Wildman–Crippen LogP) is 3.05. The molecule has 3 aromatic rings. The monoisotopic (exact) mass is 381 g/mol. The van der Waals surface area contributed by atoms with Crippen LogP contribution in [0.4, 0.5) is 0 Å². The van der Waals surface area contributed by atoms with E-state index >= 15 is 0 Å². The van der Waals surface area contributed by atoms with Crippen LogP contribution in [0, 0.1) is 0 Å². The molecule has 3 rings (SSSR count). The lowest BCUT2D eigenvalue weighted by atomic mass is 10.1. The number of rotatable bonds is 8. The minimum absolute atomic E-state index is 0.0163. The van der Waals surface area contributed by atoms with Gasteiger partial charge >= 0.3 is 5.97 Å². The van der Waals surface area contributed by atoms with Crippen molar-refractivity contribution >= 4 is 11.9 Å². The molecule has 0 aliphatic heterocycles. The number of carbonyl (C=O) groups excluding carboxylic acids is 1. The summed E-state index contributed by atoms with van der Waals surface area (Å²) in [5.74, 6) is -1.74. The van der Waals surface area contributed by atoms with E-state index < -0.39 is 17.9 Å². The smallest absolute Gasteiger partial charge is 0.328 e. The highest BCUT2D eigenvalue weighted by Gasteiger charge is 2.23. The number of ether oxygens (including phenoxy) is 1. The number of nitrogens with one attached hydrogen (secondary N) is 1. The molecule has 0 aliphatic carbocycles. The molecule has 0 fully saturated rings. The summed E-state index contributed by atoms with van der Waals surface area (Å²) in [7, 11) is 0. The third-order valence-corrected chi connectivity index (χ3v) is 4.02. The van der Waals surface area contributed by atoms with Gasteiger partial charge in [-0.2, -0.15) is 0 Å². The maximum absolute atomic E-state index is 12.3. The summed E-state index contributed by atoms with van der Waals surface area (Å²) in [6.07, 6.45) is 1.39. The molecule has 0 unspecified atom stereocenters. The molecule has 3 N–H and O–H groups in total. The average Bonchev–Trinajstić information content (AvgIpc) is 3.19. The molecule has 7 nitrogen and oxygen atoms in total. The van der Waals surface area contributed by atoms with Gasteiger partial charge < -0.3 is 24.7 Å². The number of phenols is 1. The van der Waals surface area contributed by atoms with Crippen molar-refractivity contribution in [1.82, 2.24) is 5.32 Å². The number of benzene rings is 2. The van der Waals surface area contributed by atoms with Crippen molar-refractivity contribution in [2.75, 3.05) is 6.61 Å². The summed E-state index contributed by atoms with van der Waals surface area (Å²) in [6, 6.07) is 16.0. The Hall–Kier alpha value is -3.58. The SMILES string of the molecule is O=C(N[C@@H](COCc1ccccc1)C(=O)O)c1cc(-c2ccc(O)cc2)co1. The highest BCUT2D eigenvalue weighted by molar-refractivity contribution is 5.95. The first-order valence-corrected chi connectivity index (χ1v) is 8.56. The lowest BCUT2D eigenvalue weighted by Crippen LogP contribution is -2.43. The summed E-state index contributed by atoms with van der Waals surface area (Å²) < 4.78 is 10.7. The van der Waals surface area contributed by atoms with Gasteiger partial charge in [-0.1, -0.05) is 42.5 Å². The normalized spacial score (nSPS) is 11.7. The molecule has 0 spiro atoms. The number of phenolic OH excluding ortho intramolecular Hbond substituents is 1. The molecule has 7 heteroatoms. The number of carboxylic acid groups (broad SMARTS) is 1. The largest absolute Gasteiger partial charge is 0.508 e. The summed E-state index contributed by atoms with van der Waals surface area (Å²) in [5.41, 5.74) is 2.29. The van der Waals surface area contributed by atoms with Gasteiger partial charge in [-0.05, 0) is 29.3 Å². The van der Waals surface area contributed by atoms with Crippen molar-refractivity contribution in [1.29, 1.82) is 0 Å². The molecule has 2 aromatic carbocycles. The molecule has 1 aromatic heterocycles. The van der Waals surface area contributed by atoms with Gasteiger partial charge in [0.1, 0.15) is 5.75 Å². The first kappa shape index (κ1) is 19.2. The van der Waals surface area contributed by atoms with Crippen molar-refractivity contribution in [2.24, 2.45) is 0 Å². The van der Waals surface area contributed by atoms with Crippen molar-refractivity contribution in [3.05, 3.63) is 78.3 Å². The molecule has 0 radical (unpaired) electrons. The van der Waals surface area contributed by atoms with Crippen LogP contribution in [0.15, 0.2) is 71.3 Å². The van der Waals surface area contributed by atoms with Crippen LogP contribution < -0.4 is 5.32 Å². The standard InChI is InChI=1S/C21H19NO6/c23-17-8-6-15(7-9-17)16-10-19(28-12-16)20(24)22-18(21(25)26)13-27-11-14-4-2-1-3-5-14/h1-10,12,18,23H,11,13H2,(H,22,24)(H,25,26)/t18-/m0/s1. The van der Waals surface area contributed by atoms with Crippen LogP contribution in [0.25, 0.3) is 11.1 Å². The number of hydrogen-bond donors (Lipinski definition) is 3. The van der Waals surface area contributed by atoms with E-state index in [9.17, 15) is 19.8 Å². The van der Waals surface area contributed by atoms with Gasteiger partial charge in [0.05, 0.1) is 19.5 Å². The Kier molecular flexibility index (Phi) is 6.08. The highest BCUT2D eigenvalue weighted by Crippen LogP contribution is 2.24. The Morgan fingerprint density at radius 1 is 1.04 bits per heavy atom. The van der Waals surface area contributed by atoms with Crippen LogP contribution in [0.2, 0.25) is 0 Å². The fourth-order valence-corrected chi connectivity index (χ4v) is 2.53. The van der Waals surface area contributed by atoms with E-state index in [1.807, 2.05) is 30.3 Å². The van der Waals surface area contributed by atoms with Gasteiger partial charge in [-0.15, -0.1) is 0 Å². The molecule has 144 valence electrons. The fraction of sp³-hybridized carbons (Fsp3) is 0.143. The first-order valence-electron chi connectivity index (χ1n) is 8.56. The first-order chi connectivity index (χ1) is 13.5. The predicted molar refractivity (Wildman–Crippen MR) is 101 cm³/mol. The highest BCUT2D eigenvalue weighted by atomic mass is 16.5. The molecular weight excluding hydrogens is 362 g/mol. The van der Waals surface area contributed by atoms with E-state index in [1.54, 1.807) is 12.1 Å². The third kappa shape index (κ3) is 4.99. The number of aromatic hydroxyl groups is 1. The van der Waals surface area contributed by atoms with Gasteiger partial charge in [-0.3, -0.25) is 4.79 Å². The maximum Gasteiger partial charge on any atom is 0.328 e. The lowest BCUT2D eigenvalue weighted by molar-refractivity contribution is -0.141. The molecule has 1 atom stereocenters. The second kappa shape index (κ2) is 8.88. The third-order valence-electron chi connectivity index (χ3n) is 4.02. The Morgan fingerprint density at radius 2 is 1.75 bits per heavy atom. The van der Waals surface area contributed by atoms with Crippen molar-refractivity contribution in [3.63, 3.8) is 0 Å². The van der Waals surface area contributed by atoms with E-state index in [0.29, 0.717) is 5.56 Å². The minimum Gasteiger partial charge on any atom is -0.508 e. The molecule has 0 saturated heterocycles. The van der Waals surface area contributed by atoms with Crippen LogP contribution in [0.1, 0.15) is 16.1 Å². The topological polar surface area (TPSA) is 109 Å². The van der Waals surface area contributed by atoms with E-state index in [0.717, 1.165) is 11.1 Å². The molecule has 0 bridgehead atoms. The zero-order chi connectivity index (χ0) is 19.9. The Labute approximate surface area is 161 Å². The molecular formula is C21H19NO6. The molecule has 0 aliphatic rings. The van der Waals surface area contributed by atoms with Crippen LogP contribution in [0.5, 0.6) is 5.75 Å². The van der Waals surface area contributed by atoms with E-state index in [-0.39, 0.29) is 24.7 Å². The average molecular weight is 381 g/mol. The van der Waals surface area contributed by atoms with E-state index in [1.165, 1.54) is 24.5 Å². The number of aliphatic carboxylic acids is 1. The number of hydrogen-bond acceptors (Lipinski definition) is 5. The summed E-state index contributed by atoms with van der Waals surface area (Å²) >= 11 is 0. The van der Waals surface area contributed by atoms with Gasteiger partial charge in [0.25, 0.3) is 5.91 Å². The molecule has 1 heterocycles. The van der Waals surface area contributed by atoms with E-state index in [2.05, 4.69) is 5.32 Å². The summed E-state index contributed by atoms with van der Waals surface area (Å²) in [5, 5.41) is 21.1. The zero-order valence-corrected chi connectivity index (χ0v) is 14.9. The Bertz CT molecular complexity index is 933. The second-order valence-corrected chi connectivity index (χ2v) is 6.11. The van der Waals surface area contributed by atoms with Crippen molar-refractivity contribution in [2.45, 2.75) is 12.6 Å². The summed E-state index contributed by atoms with van der Waals surface area (Å²) in [4.78, 5) is 23.7. The van der Waals surface area contributed by atoms with Crippen LogP contribution in [0.3, 0.4) is 0 Å². The van der Waals surface area contributed by atoms with E-state index in [4.69, 9.17) is 9.15 Å². The van der Waals surface area contributed by atoms with Gasteiger partial charge in [0.2, 0.25) is 0 Å². The minimum atomic E-state index is -1.21. The second-order valence-electron chi connectivity index (χ2n) is 6.11. The van der Waals surface area contributed by atoms with Gasteiger partial charge in [0, 0.05) is 5.56 Å². The Balaban J connectivity index is 1.59. The Morgan fingerprint density at radius 3 is 2.43 bits per heavy atom. The molecule has 0 saturated carbocycles. The number of amides is 1. The molecule has 28 heavy (non-hydrogen) atoms. The number of carboxylic acids is 1. The zero-order valence-electron chi connectivity index (χ0n) is 14.9. The van der Waals surface area contributed by atoms with Crippen molar-refractivity contribution in [3.8, 4) is 16.9 Å². The lowest BCUT2D eigenvalue weighted by Gasteiger charge is -2.14. The summed E-state index contributed by atoms with van der Waals surface area (Å²) in [6.45, 7) is 0.0632. The van der Waals surface area contributed by atoms with Gasteiger partial charge in [-0.25, -0.2) is 4.79 Å². The van der Waals surface area contributed by atoms with Gasteiger partial charge in [0.15, 0.2) is 11.8 Å². The number of furan rings is 1. The van der Waals surface area contributed by atoms with Crippen LogP contribution >= 0.6 is 0 Å².